The maximum absolute atomic E-state index is 6.92. The van der Waals surface area contributed by atoms with Gasteiger partial charge in [0.25, 0.3) is 0 Å². The van der Waals surface area contributed by atoms with E-state index in [9.17, 15) is 0 Å². The standard InChI is InChI=1S/C40H27ClO/c1-39(2)31-23-26(41)21-22-28(31)33-34-29-18-10-12-20-32(29)42-38(34)35-27-17-9-11-19-30(27)40(37(35)36(33)39,24-13-5-3-6-14-24)25-15-7-4-8-16-25/h3-23H,1-2H3. The molecule has 1 aromatic heterocycles. The van der Waals surface area contributed by atoms with Crippen molar-refractivity contribution in [2.24, 2.45) is 0 Å². The third-order valence-corrected chi connectivity index (χ3v) is 10.00. The minimum absolute atomic E-state index is 0.303. The highest BCUT2D eigenvalue weighted by Gasteiger charge is 2.53. The van der Waals surface area contributed by atoms with Crippen molar-refractivity contribution in [3.05, 3.63) is 166 Å². The van der Waals surface area contributed by atoms with Crippen LogP contribution in [-0.2, 0) is 10.8 Å². The van der Waals surface area contributed by atoms with Crippen LogP contribution in [0.2, 0.25) is 5.02 Å². The fourth-order valence-corrected chi connectivity index (χ4v) is 8.35. The van der Waals surface area contributed by atoms with Crippen LogP contribution in [0.1, 0.15) is 47.2 Å². The second-order valence-corrected chi connectivity index (χ2v) is 12.6. The molecule has 0 bridgehead atoms. The molecule has 0 saturated heterocycles. The zero-order chi connectivity index (χ0) is 28.2. The van der Waals surface area contributed by atoms with E-state index in [4.69, 9.17) is 16.0 Å². The lowest BCUT2D eigenvalue weighted by Gasteiger charge is -2.37. The number of furan rings is 1. The molecule has 2 heteroatoms. The topological polar surface area (TPSA) is 13.1 Å². The zero-order valence-electron chi connectivity index (χ0n) is 23.4. The van der Waals surface area contributed by atoms with Gasteiger partial charge >= 0.3 is 0 Å². The molecule has 0 N–H and O–H groups in total. The van der Waals surface area contributed by atoms with Crippen molar-refractivity contribution in [3.8, 4) is 22.3 Å². The monoisotopic (exact) mass is 558 g/mol. The highest BCUT2D eigenvalue weighted by Crippen LogP contribution is 2.66. The Kier molecular flexibility index (Phi) is 4.72. The minimum atomic E-state index is -0.533. The number of rotatable bonds is 2. The van der Waals surface area contributed by atoms with E-state index in [1.54, 1.807) is 0 Å². The summed E-state index contributed by atoms with van der Waals surface area (Å²) < 4.78 is 6.92. The summed E-state index contributed by atoms with van der Waals surface area (Å²) in [6.07, 6.45) is 0. The van der Waals surface area contributed by atoms with Gasteiger partial charge in [-0.1, -0.05) is 135 Å². The first kappa shape index (κ1) is 24.1. The Hall–Kier alpha value is -4.59. The van der Waals surface area contributed by atoms with Crippen LogP contribution in [0.3, 0.4) is 0 Å². The van der Waals surface area contributed by atoms with Gasteiger partial charge < -0.3 is 4.42 Å². The van der Waals surface area contributed by atoms with Gasteiger partial charge in [0.2, 0.25) is 0 Å². The Morgan fingerprint density at radius 1 is 0.571 bits per heavy atom. The van der Waals surface area contributed by atoms with Crippen molar-refractivity contribution in [1.29, 1.82) is 0 Å². The maximum atomic E-state index is 6.92. The van der Waals surface area contributed by atoms with E-state index in [1.165, 1.54) is 61.0 Å². The molecule has 6 aromatic carbocycles. The number of para-hydroxylation sites is 1. The molecule has 1 heterocycles. The average molecular weight is 559 g/mol. The molecule has 2 aliphatic rings. The van der Waals surface area contributed by atoms with E-state index in [-0.39, 0.29) is 5.41 Å². The van der Waals surface area contributed by atoms with Crippen LogP contribution in [0.25, 0.3) is 44.2 Å². The van der Waals surface area contributed by atoms with E-state index >= 15 is 0 Å². The number of hydrogen-bond acceptors (Lipinski definition) is 1. The summed E-state index contributed by atoms with van der Waals surface area (Å²) in [6, 6.07) is 45.9. The number of halogens is 1. The summed E-state index contributed by atoms with van der Waals surface area (Å²) in [5.74, 6) is 0. The highest BCUT2D eigenvalue weighted by molar-refractivity contribution is 6.31. The molecule has 9 rings (SSSR count). The number of fused-ring (bicyclic) bond motifs is 12. The molecule has 2 aliphatic carbocycles. The molecule has 0 fully saturated rings. The van der Waals surface area contributed by atoms with E-state index in [0.29, 0.717) is 0 Å². The Morgan fingerprint density at radius 3 is 1.93 bits per heavy atom. The van der Waals surface area contributed by atoms with Gasteiger partial charge in [-0.25, -0.2) is 0 Å². The summed E-state index contributed by atoms with van der Waals surface area (Å²) in [5.41, 5.74) is 13.7. The quantitative estimate of drug-likeness (QED) is 0.206. The van der Waals surface area contributed by atoms with Crippen molar-refractivity contribution in [2.45, 2.75) is 24.7 Å². The molecule has 0 radical (unpaired) electrons. The van der Waals surface area contributed by atoms with Crippen molar-refractivity contribution < 1.29 is 4.42 Å². The lowest BCUT2D eigenvalue weighted by molar-refractivity contribution is 0.631. The fraction of sp³-hybridized carbons (Fsp3) is 0.100. The number of benzene rings is 6. The zero-order valence-corrected chi connectivity index (χ0v) is 24.2. The summed E-state index contributed by atoms with van der Waals surface area (Å²) in [7, 11) is 0. The van der Waals surface area contributed by atoms with Gasteiger partial charge in [0, 0.05) is 26.8 Å². The van der Waals surface area contributed by atoms with Gasteiger partial charge in [0.05, 0.1) is 5.41 Å². The normalized spacial score (nSPS) is 15.4. The Morgan fingerprint density at radius 2 is 1.19 bits per heavy atom. The summed E-state index contributed by atoms with van der Waals surface area (Å²) in [6.45, 7) is 4.73. The molecule has 0 spiro atoms. The predicted octanol–water partition coefficient (Wildman–Crippen LogP) is 10.9. The minimum Gasteiger partial charge on any atom is -0.455 e. The molecule has 42 heavy (non-hydrogen) atoms. The van der Waals surface area contributed by atoms with Crippen molar-refractivity contribution in [2.75, 3.05) is 0 Å². The van der Waals surface area contributed by atoms with E-state index in [1.807, 2.05) is 6.07 Å². The maximum Gasteiger partial charge on any atom is 0.144 e. The first-order valence-corrected chi connectivity index (χ1v) is 14.9. The molecular weight excluding hydrogens is 532 g/mol. The van der Waals surface area contributed by atoms with Gasteiger partial charge in [0.15, 0.2) is 0 Å². The Labute approximate surface area is 250 Å². The van der Waals surface area contributed by atoms with Crippen molar-refractivity contribution >= 4 is 33.5 Å². The lowest BCUT2D eigenvalue weighted by atomic mass is 9.63. The highest BCUT2D eigenvalue weighted by atomic mass is 35.5. The fourth-order valence-electron chi connectivity index (χ4n) is 8.18. The third-order valence-electron chi connectivity index (χ3n) is 9.76. The first-order chi connectivity index (χ1) is 20.5. The second-order valence-electron chi connectivity index (χ2n) is 12.1. The van der Waals surface area contributed by atoms with Crippen LogP contribution in [0.15, 0.2) is 132 Å². The van der Waals surface area contributed by atoms with Crippen LogP contribution in [0, 0.1) is 0 Å². The molecule has 0 unspecified atom stereocenters. The van der Waals surface area contributed by atoms with Crippen LogP contribution < -0.4 is 0 Å². The van der Waals surface area contributed by atoms with Crippen LogP contribution in [0.4, 0.5) is 0 Å². The molecule has 0 atom stereocenters. The Balaban J connectivity index is 1.61. The van der Waals surface area contributed by atoms with Crippen LogP contribution >= 0.6 is 11.6 Å². The van der Waals surface area contributed by atoms with Gasteiger partial charge in [-0.2, -0.15) is 0 Å². The summed E-state index contributed by atoms with van der Waals surface area (Å²) in [5, 5.41) is 3.11. The van der Waals surface area contributed by atoms with Gasteiger partial charge in [-0.05, 0) is 68.3 Å². The smallest absolute Gasteiger partial charge is 0.144 e. The second kappa shape index (κ2) is 8.25. The Bertz CT molecular complexity index is 2180. The van der Waals surface area contributed by atoms with Crippen molar-refractivity contribution in [3.63, 3.8) is 0 Å². The average Bonchev–Trinajstić information content (AvgIpc) is 3.62. The molecule has 0 saturated carbocycles. The van der Waals surface area contributed by atoms with E-state index in [2.05, 4.69) is 135 Å². The molecule has 1 nitrogen and oxygen atoms in total. The van der Waals surface area contributed by atoms with Gasteiger partial charge in [-0.15, -0.1) is 0 Å². The SMILES string of the molecule is CC1(C)c2cc(Cl)ccc2-c2c1c1c(c3oc4ccccc4c23)-c2ccccc2C1(c1ccccc1)c1ccccc1. The van der Waals surface area contributed by atoms with Gasteiger partial charge in [-0.3, -0.25) is 0 Å². The van der Waals surface area contributed by atoms with Crippen molar-refractivity contribution in [1.82, 2.24) is 0 Å². The van der Waals surface area contributed by atoms with Crippen LogP contribution in [-0.4, -0.2) is 0 Å². The predicted molar refractivity (Wildman–Crippen MR) is 174 cm³/mol. The van der Waals surface area contributed by atoms with Crippen LogP contribution in [0.5, 0.6) is 0 Å². The van der Waals surface area contributed by atoms with Gasteiger partial charge in [0.1, 0.15) is 11.2 Å². The number of hydrogen-bond donors (Lipinski definition) is 0. The summed E-state index contributed by atoms with van der Waals surface area (Å²) in [4.78, 5) is 0. The molecular formula is C40H27ClO. The molecule has 200 valence electrons. The first-order valence-electron chi connectivity index (χ1n) is 14.6. The lowest BCUT2D eigenvalue weighted by Crippen LogP contribution is -2.32. The van der Waals surface area contributed by atoms with E-state index in [0.717, 1.165) is 21.6 Å². The van der Waals surface area contributed by atoms with E-state index < -0.39 is 5.41 Å². The third kappa shape index (κ3) is 2.80. The summed E-state index contributed by atoms with van der Waals surface area (Å²) >= 11 is 6.71. The molecule has 0 amide bonds. The molecule has 0 aliphatic heterocycles. The molecule has 7 aromatic rings. The largest absolute Gasteiger partial charge is 0.455 e.